The van der Waals surface area contributed by atoms with Gasteiger partial charge in [0.2, 0.25) is 0 Å². The van der Waals surface area contributed by atoms with Crippen molar-refractivity contribution in [2.24, 2.45) is 5.73 Å². The molecule has 2 N–H and O–H groups in total. The van der Waals surface area contributed by atoms with Crippen LogP contribution >= 0.6 is 0 Å². The minimum absolute atomic E-state index is 0.152. The van der Waals surface area contributed by atoms with E-state index in [0.717, 1.165) is 6.42 Å². The summed E-state index contributed by atoms with van der Waals surface area (Å²) >= 11 is 0. The van der Waals surface area contributed by atoms with Crippen molar-refractivity contribution in [3.63, 3.8) is 0 Å². The molecule has 0 saturated heterocycles. The van der Waals surface area contributed by atoms with Gasteiger partial charge in [-0.2, -0.15) is 0 Å². The molecule has 0 heterocycles. The zero-order chi connectivity index (χ0) is 13.8. The third-order valence-electron chi connectivity index (χ3n) is 3.60. The number of likely N-dealkylation sites (N-methyl/N-ethyl adjacent to an activating group) is 1. The Balaban J connectivity index is 2.86. The Morgan fingerprint density at radius 1 is 1.33 bits per heavy atom. The van der Waals surface area contributed by atoms with E-state index in [9.17, 15) is 0 Å². The van der Waals surface area contributed by atoms with E-state index in [4.69, 9.17) is 10.5 Å². The molecule has 1 aromatic rings. The molecule has 0 amide bonds. The second kappa shape index (κ2) is 6.21. The second-order valence-electron chi connectivity index (χ2n) is 5.45. The Kier molecular flexibility index (Phi) is 5.17. The SMILES string of the molecule is COC(C)(C)CC(CN)N(C)c1ccccc1C. The molecule has 3 heteroatoms. The second-order valence-corrected chi connectivity index (χ2v) is 5.45. The zero-order valence-corrected chi connectivity index (χ0v) is 12.2. The van der Waals surface area contributed by atoms with Crippen LogP contribution in [-0.2, 0) is 4.74 Å². The van der Waals surface area contributed by atoms with Crippen molar-refractivity contribution in [2.45, 2.75) is 38.8 Å². The number of aryl methyl sites for hydroxylation is 1. The predicted octanol–water partition coefficient (Wildman–Crippen LogP) is 2.57. The largest absolute Gasteiger partial charge is 0.379 e. The van der Waals surface area contributed by atoms with Gasteiger partial charge in [0.05, 0.1) is 5.60 Å². The molecular weight excluding hydrogens is 224 g/mol. The Morgan fingerprint density at radius 3 is 2.44 bits per heavy atom. The molecule has 18 heavy (non-hydrogen) atoms. The summed E-state index contributed by atoms with van der Waals surface area (Å²) in [6.45, 7) is 6.95. The van der Waals surface area contributed by atoms with Crippen molar-refractivity contribution in [3.8, 4) is 0 Å². The van der Waals surface area contributed by atoms with E-state index in [0.29, 0.717) is 6.54 Å². The van der Waals surface area contributed by atoms with Gasteiger partial charge in [-0.25, -0.2) is 0 Å². The minimum atomic E-state index is -0.152. The molecule has 1 atom stereocenters. The third-order valence-corrected chi connectivity index (χ3v) is 3.60. The van der Waals surface area contributed by atoms with Crippen LogP contribution in [0.25, 0.3) is 0 Å². The molecule has 1 aromatic carbocycles. The van der Waals surface area contributed by atoms with Crippen molar-refractivity contribution >= 4 is 5.69 Å². The normalized spacial score (nSPS) is 13.4. The summed E-state index contributed by atoms with van der Waals surface area (Å²) in [5.41, 5.74) is 8.28. The first-order chi connectivity index (χ1) is 8.41. The van der Waals surface area contributed by atoms with E-state index in [1.807, 2.05) is 0 Å². The van der Waals surface area contributed by atoms with E-state index < -0.39 is 0 Å². The molecule has 0 saturated carbocycles. The monoisotopic (exact) mass is 250 g/mol. The van der Waals surface area contributed by atoms with Gasteiger partial charge in [0.1, 0.15) is 0 Å². The minimum Gasteiger partial charge on any atom is -0.379 e. The summed E-state index contributed by atoms with van der Waals surface area (Å²) in [7, 11) is 3.85. The molecule has 1 rings (SSSR count). The lowest BCUT2D eigenvalue weighted by Crippen LogP contribution is -2.43. The fourth-order valence-electron chi connectivity index (χ4n) is 2.19. The molecule has 0 aliphatic carbocycles. The van der Waals surface area contributed by atoms with Crippen molar-refractivity contribution < 1.29 is 4.74 Å². The number of rotatable bonds is 6. The fourth-order valence-corrected chi connectivity index (χ4v) is 2.19. The molecule has 0 radical (unpaired) electrons. The average Bonchev–Trinajstić information content (AvgIpc) is 2.36. The van der Waals surface area contributed by atoms with Crippen LogP contribution in [0.5, 0.6) is 0 Å². The highest BCUT2D eigenvalue weighted by Gasteiger charge is 2.25. The number of nitrogens with zero attached hydrogens (tertiary/aromatic N) is 1. The molecule has 0 spiro atoms. The Bertz CT molecular complexity index is 377. The van der Waals surface area contributed by atoms with Gasteiger partial charge < -0.3 is 15.4 Å². The van der Waals surface area contributed by atoms with Crippen LogP contribution in [0, 0.1) is 6.92 Å². The number of hydrogen-bond donors (Lipinski definition) is 1. The molecule has 0 fully saturated rings. The highest BCUT2D eigenvalue weighted by atomic mass is 16.5. The molecule has 0 aromatic heterocycles. The maximum absolute atomic E-state index is 5.93. The van der Waals surface area contributed by atoms with Gasteiger partial charge in [-0.05, 0) is 38.8 Å². The first kappa shape index (κ1) is 15.0. The first-order valence-electron chi connectivity index (χ1n) is 6.45. The lowest BCUT2D eigenvalue weighted by molar-refractivity contribution is 0.0104. The summed E-state index contributed by atoms with van der Waals surface area (Å²) in [5.74, 6) is 0. The molecule has 102 valence electrons. The number of ether oxygens (including phenoxy) is 1. The molecule has 0 aliphatic rings. The number of hydrogen-bond acceptors (Lipinski definition) is 3. The maximum atomic E-state index is 5.93. The predicted molar refractivity (Wildman–Crippen MR) is 78.1 cm³/mol. The Hall–Kier alpha value is -1.06. The number of para-hydroxylation sites is 1. The lowest BCUT2D eigenvalue weighted by Gasteiger charge is -2.35. The van der Waals surface area contributed by atoms with E-state index in [1.165, 1.54) is 11.3 Å². The highest BCUT2D eigenvalue weighted by molar-refractivity contribution is 5.53. The summed E-state index contributed by atoms with van der Waals surface area (Å²) in [5, 5.41) is 0. The number of anilines is 1. The Labute approximate surface area is 111 Å². The van der Waals surface area contributed by atoms with Crippen LogP contribution < -0.4 is 10.6 Å². The van der Waals surface area contributed by atoms with Crippen molar-refractivity contribution in [1.29, 1.82) is 0 Å². The molecule has 0 bridgehead atoms. The summed E-state index contributed by atoms with van der Waals surface area (Å²) in [4.78, 5) is 2.26. The van der Waals surface area contributed by atoms with Gasteiger partial charge in [0.25, 0.3) is 0 Å². The van der Waals surface area contributed by atoms with Crippen LogP contribution in [0.1, 0.15) is 25.8 Å². The molecule has 0 aliphatic heterocycles. The number of methoxy groups -OCH3 is 1. The topological polar surface area (TPSA) is 38.5 Å². The third kappa shape index (κ3) is 3.72. The maximum Gasteiger partial charge on any atom is 0.0642 e. The van der Waals surface area contributed by atoms with E-state index in [-0.39, 0.29) is 11.6 Å². The van der Waals surface area contributed by atoms with Crippen LogP contribution in [0.15, 0.2) is 24.3 Å². The highest BCUT2D eigenvalue weighted by Crippen LogP contribution is 2.24. The Morgan fingerprint density at radius 2 is 1.94 bits per heavy atom. The lowest BCUT2D eigenvalue weighted by atomic mass is 9.97. The van der Waals surface area contributed by atoms with Gasteiger partial charge in [-0.1, -0.05) is 18.2 Å². The summed E-state index contributed by atoms with van der Waals surface area (Å²) < 4.78 is 5.50. The fraction of sp³-hybridized carbons (Fsp3) is 0.600. The van der Waals surface area contributed by atoms with Crippen molar-refractivity contribution in [2.75, 3.05) is 25.6 Å². The van der Waals surface area contributed by atoms with Gasteiger partial charge in [-0.3, -0.25) is 0 Å². The number of benzene rings is 1. The van der Waals surface area contributed by atoms with Gasteiger partial charge in [0, 0.05) is 32.4 Å². The van der Waals surface area contributed by atoms with Gasteiger partial charge in [0.15, 0.2) is 0 Å². The average molecular weight is 250 g/mol. The van der Waals surface area contributed by atoms with Crippen molar-refractivity contribution in [3.05, 3.63) is 29.8 Å². The van der Waals surface area contributed by atoms with Gasteiger partial charge in [-0.15, -0.1) is 0 Å². The quantitative estimate of drug-likeness (QED) is 0.843. The standard InChI is InChI=1S/C15H26N2O/c1-12-8-6-7-9-14(12)17(4)13(11-16)10-15(2,3)18-5/h6-9,13H,10-11,16H2,1-5H3. The molecule has 3 nitrogen and oxygen atoms in total. The van der Waals surface area contributed by atoms with Crippen molar-refractivity contribution in [1.82, 2.24) is 0 Å². The number of nitrogens with two attached hydrogens (primary N) is 1. The summed E-state index contributed by atoms with van der Waals surface area (Å²) in [6, 6.07) is 8.66. The van der Waals surface area contributed by atoms with Crippen LogP contribution in [0.2, 0.25) is 0 Å². The smallest absolute Gasteiger partial charge is 0.0642 e. The van der Waals surface area contributed by atoms with Crippen LogP contribution in [0.4, 0.5) is 5.69 Å². The van der Waals surface area contributed by atoms with E-state index in [2.05, 4.69) is 57.0 Å². The van der Waals surface area contributed by atoms with Crippen LogP contribution in [0.3, 0.4) is 0 Å². The van der Waals surface area contributed by atoms with Gasteiger partial charge >= 0.3 is 0 Å². The van der Waals surface area contributed by atoms with Crippen LogP contribution in [-0.4, -0.2) is 32.3 Å². The molecular formula is C15H26N2O. The van der Waals surface area contributed by atoms with E-state index >= 15 is 0 Å². The zero-order valence-electron chi connectivity index (χ0n) is 12.2. The first-order valence-corrected chi connectivity index (χ1v) is 6.45. The molecule has 1 unspecified atom stereocenters. The summed E-state index contributed by atoms with van der Waals surface area (Å²) in [6.07, 6.45) is 0.908. The van der Waals surface area contributed by atoms with E-state index in [1.54, 1.807) is 7.11 Å².